The molecule has 0 radical (unpaired) electrons. The number of nitrogens with zero attached hydrogens (tertiary/aromatic N) is 2. The molecule has 0 N–H and O–H groups in total. The molecule has 1 atom stereocenters. The van der Waals surface area contributed by atoms with Crippen molar-refractivity contribution in [1.29, 1.82) is 0 Å². The van der Waals surface area contributed by atoms with Gasteiger partial charge >= 0.3 is 0 Å². The summed E-state index contributed by atoms with van der Waals surface area (Å²) in [5, 5.41) is 0.950. The maximum Gasteiger partial charge on any atom is 0.186 e. The van der Waals surface area contributed by atoms with E-state index >= 15 is 0 Å². The first-order valence-electron chi connectivity index (χ1n) is 6.81. The van der Waals surface area contributed by atoms with Gasteiger partial charge in [0.1, 0.15) is 0 Å². The fraction of sp³-hybridized carbons (Fsp3) is 0.714. The number of aromatic nitrogens is 1. The van der Waals surface area contributed by atoms with Gasteiger partial charge in [0.05, 0.1) is 29.3 Å². The molecule has 1 saturated heterocycles. The second-order valence-electron chi connectivity index (χ2n) is 5.69. The zero-order valence-electron chi connectivity index (χ0n) is 12.1. The maximum absolute atomic E-state index is 11.2. The highest BCUT2D eigenvalue weighted by Crippen LogP contribution is 2.35. The van der Waals surface area contributed by atoms with Crippen molar-refractivity contribution in [2.45, 2.75) is 45.6 Å². The van der Waals surface area contributed by atoms with Crippen LogP contribution in [0.3, 0.4) is 0 Å². The van der Waals surface area contributed by atoms with Gasteiger partial charge in [-0.25, -0.2) is 4.98 Å². The Hall–Kier alpha value is -0.940. The first kappa shape index (κ1) is 14.5. The SMILES string of the molecule is CCC(C)c1nc(N2CCOCC2(C)C)sc1C=O. The highest BCUT2D eigenvalue weighted by molar-refractivity contribution is 7.17. The predicted molar refractivity (Wildman–Crippen MR) is 78.5 cm³/mol. The van der Waals surface area contributed by atoms with Crippen molar-refractivity contribution >= 4 is 22.8 Å². The first-order chi connectivity index (χ1) is 8.99. The zero-order chi connectivity index (χ0) is 14.0. The monoisotopic (exact) mass is 282 g/mol. The summed E-state index contributed by atoms with van der Waals surface area (Å²) in [7, 11) is 0. The largest absolute Gasteiger partial charge is 0.377 e. The van der Waals surface area contributed by atoms with Gasteiger partial charge in [-0.15, -0.1) is 0 Å². The van der Waals surface area contributed by atoms with E-state index in [-0.39, 0.29) is 5.54 Å². The number of hydrogen-bond acceptors (Lipinski definition) is 5. The molecule has 4 nitrogen and oxygen atoms in total. The van der Waals surface area contributed by atoms with Gasteiger partial charge in [0, 0.05) is 6.54 Å². The third kappa shape index (κ3) is 2.82. The first-order valence-corrected chi connectivity index (χ1v) is 7.62. The van der Waals surface area contributed by atoms with Gasteiger partial charge in [0.15, 0.2) is 11.4 Å². The number of aldehydes is 1. The van der Waals surface area contributed by atoms with E-state index in [1.807, 2.05) is 0 Å². The molecule has 19 heavy (non-hydrogen) atoms. The summed E-state index contributed by atoms with van der Waals surface area (Å²) < 4.78 is 5.53. The van der Waals surface area contributed by atoms with E-state index in [0.29, 0.717) is 12.5 Å². The number of anilines is 1. The molecule has 0 spiro atoms. The number of carbonyl (C=O) groups is 1. The quantitative estimate of drug-likeness (QED) is 0.796. The van der Waals surface area contributed by atoms with Crippen LogP contribution in [0, 0.1) is 0 Å². The lowest BCUT2D eigenvalue weighted by atomic mass is 10.0. The lowest BCUT2D eigenvalue weighted by molar-refractivity contribution is 0.0643. The van der Waals surface area contributed by atoms with Crippen molar-refractivity contribution in [2.24, 2.45) is 0 Å². The lowest BCUT2D eigenvalue weighted by Gasteiger charge is -2.42. The van der Waals surface area contributed by atoms with Crippen molar-refractivity contribution in [2.75, 3.05) is 24.7 Å². The van der Waals surface area contributed by atoms with Crippen molar-refractivity contribution in [1.82, 2.24) is 4.98 Å². The van der Waals surface area contributed by atoms with Crippen LogP contribution in [0.1, 0.15) is 55.4 Å². The molecule has 0 aliphatic carbocycles. The lowest BCUT2D eigenvalue weighted by Crippen LogP contribution is -2.53. The van der Waals surface area contributed by atoms with Crippen LogP contribution in [0.4, 0.5) is 5.13 Å². The standard InChI is InChI=1S/C14H22N2O2S/c1-5-10(2)12-11(8-17)19-13(15-12)16-6-7-18-9-14(16,3)4/h8,10H,5-7,9H2,1-4H3. The molecule has 0 bridgehead atoms. The Kier molecular flexibility index (Phi) is 4.26. The Bertz CT molecular complexity index is 456. The van der Waals surface area contributed by atoms with Crippen molar-refractivity contribution < 1.29 is 9.53 Å². The maximum atomic E-state index is 11.2. The van der Waals surface area contributed by atoms with E-state index in [1.165, 1.54) is 11.3 Å². The molecule has 1 aliphatic rings. The Labute approximate surface area is 118 Å². The highest BCUT2D eigenvalue weighted by atomic mass is 32.1. The third-order valence-electron chi connectivity index (χ3n) is 3.73. The molecule has 1 unspecified atom stereocenters. The Morgan fingerprint density at radius 2 is 2.32 bits per heavy atom. The van der Waals surface area contributed by atoms with Crippen molar-refractivity contribution in [3.05, 3.63) is 10.6 Å². The smallest absolute Gasteiger partial charge is 0.186 e. The number of ether oxygens (including phenoxy) is 1. The Balaban J connectivity index is 2.34. The molecular formula is C14H22N2O2S. The summed E-state index contributed by atoms with van der Waals surface area (Å²) in [6.07, 6.45) is 1.94. The summed E-state index contributed by atoms with van der Waals surface area (Å²) in [4.78, 5) is 19.0. The number of thiazole rings is 1. The zero-order valence-corrected chi connectivity index (χ0v) is 12.9. The van der Waals surface area contributed by atoms with Crippen LogP contribution in [0.2, 0.25) is 0 Å². The molecular weight excluding hydrogens is 260 g/mol. The highest BCUT2D eigenvalue weighted by Gasteiger charge is 2.33. The van der Waals surface area contributed by atoms with Gasteiger partial charge in [0.2, 0.25) is 0 Å². The molecule has 2 rings (SSSR count). The minimum atomic E-state index is -0.0665. The summed E-state index contributed by atoms with van der Waals surface area (Å²) in [5.74, 6) is 0.328. The van der Waals surface area contributed by atoms with Crippen LogP contribution in [0.5, 0.6) is 0 Å². The van der Waals surface area contributed by atoms with Gasteiger partial charge in [-0.2, -0.15) is 0 Å². The molecule has 0 amide bonds. The number of carbonyl (C=O) groups excluding carboxylic acids is 1. The average molecular weight is 282 g/mol. The van der Waals surface area contributed by atoms with Crippen LogP contribution >= 0.6 is 11.3 Å². The number of rotatable bonds is 4. The van der Waals surface area contributed by atoms with E-state index in [9.17, 15) is 4.79 Å². The molecule has 2 heterocycles. The van der Waals surface area contributed by atoms with Crippen LogP contribution in [-0.4, -0.2) is 36.6 Å². The molecule has 1 aromatic heterocycles. The third-order valence-corrected chi connectivity index (χ3v) is 4.75. The molecule has 1 fully saturated rings. The second-order valence-corrected chi connectivity index (χ2v) is 6.70. The normalized spacial score (nSPS) is 20.3. The number of hydrogen-bond donors (Lipinski definition) is 0. The molecule has 0 saturated carbocycles. The van der Waals surface area contributed by atoms with Crippen molar-refractivity contribution in [3.63, 3.8) is 0 Å². The molecule has 106 valence electrons. The Morgan fingerprint density at radius 3 is 2.89 bits per heavy atom. The number of morpholine rings is 1. The van der Waals surface area contributed by atoms with E-state index < -0.39 is 0 Å². The van der Waals surface area contributed by atoms with Gasteiger partial charge in [-0.05, 0) is 26.2 Å². The minimum absolute atomic E-state index is 0.0665. The summed E-state index contributed by atoms with van der Waals surface area (Å²) in [5.41, 5.74) is 0.878. The minimum Gasteiger partial charge on any atom is -0.377 e. The van der Waals surface area contributed by atoms with Gasteiger partial charge < -0.3 is 9.64 Å². The van der Waals surface area contributed by atoms with E-state index in [2.05, 4.69) is 32.6 Å². The van der Waals surface area contributed by atoms with Crippen LogP contribution in [0.25, 0.3) is 0 Å². The van der Waals surface area contributed by atoms with Crippen LogP contribution in [0.15, 0.2) is 0 Å². The van der Waals surface area contributed by atoms with Gasteiger partial charge in [-0.3, -0.25) is 4.79 Å². The Morgan fingerprint density at radius 1 is 1.58 bits per heavy atom. The average Bonchev–Trinajstić information content (AvgIpc) is 2.81. The topological polar surface area (TPSA) is 42.4 Å². The van der Waals surface area contributed by atoms with Crippen molar-refractivity contribution in [3.8, 4) is 0 Å². The predicted octanol–water partition coefficient (Wildman–Crippen LogP) is 3.08. The van der Waals surface area contributed by atoms with Crippen LogP contribution < -0.4 is 4.90 Å². The fourth-order valence-corrected chi connectivity index (χ4v) is 3.48. The molecule has 0 aromatic carbocycles. The van der Waals surface area contributed by atoms with E-state index in [1.54, 1.807) is 0 Å². The molecule has 5 heteroatoms. The van der Waals surface area contributed by atoms with E-state index in [0.717, 1.165) is 41.6 Å². The summed E-state index contributed by atoms with van der Waals surface area (Å²) in [6, 6.07) is 0. The molecule has 1 aromatic rings. The summed E-state index contributed by atoms with van der Waals surface area (Å²) >= 11 is 1.50. The van der Waals surface area contributed by atoms with Crippen LogP contribution in [-0.2, 0) is 4.74 Å². The molecule has 1 aliphatic heterocycles. The fourth-order valence-electron chi connectivity index (χ4n) is 2.29. The summed E-state index contributed by atoms with van der Waals surface area (Å²) in [6.45, 7) is 10.8. The second kappa shape index (κ2) is 5.59. The van der Waals surface area contributed by atoms with Gasteiger partial charge in [-0.1, -0.05) is 25.2 Å². The van der Waals surface area contributed by atoms with E-state index in [4.69, 9.17) is 9.72 Å². The van der Waals surface area contributed by atoms with Gasteiger partial charge in [0.25, 0.3) is 0 Å².